The van der Waals surface area contributed by atoms with Crippen molar-refractivity contribution in [2.75, 3.05) is 18.0 Å². The van der Waals surface area contributed by atoms with Crippen molar-refractivity contribution in [2.24, 2.45) is 0 Å². The van der Waals surface area contributed by atoms with Crippen LogP contribution in [0.3, 0.4) is 0 Å². The number of aromatic nitrogens is 3. The third kappa shape index (κ3) is 3.66. The molecule has 1 aromatic carbocycles. The summed E-state index contributed by atoms with van der Waals surface area (Å²) < 4.78 is 1.83. The van der Waals surface area contributed by atoms with Gasteiger partial charge in [-0.15, -0.1) is 0 Å². The second-order valence-electron chi connectivity index (χ2n) is 6.76. The number of rotatable bonds is 5. The van der Waals surface area contributed by atoms with Crippen molar-refractivity contribution in [2.45, 2.75) is 38.8 Å². The summed E-state index contributed by atoms with van der Waals surface area (Å²) in [5.74, 6) is 0. The van der Waals surface area contributed by atoms with E-state index in [4.69, 9.17) is 0 Å². The summed E-state index contributed by atoms with van der Waals surface area (Å²) in [5, 5.41) is 7.93. The van der Waals surface area contributed by atoms with E-state index in [1.807, 2.05) is 16.8 Å². The van der Waals surface area contributed by atoms with Gasteiger partial charge in [0.25, 0.3) is 0 Å². The zero-order valence-electron chi connectivity index (χ0n) is 14.7. The number of hydrogen-bond acceptors (Lipinski definition) is 4. The lowest BCUT2D eigenvalue weighted by Gasteiger charge is -2.34. The van der Waals surface area contributed by atoms with E-state index in [0.29, 0.717) is 6.04 Å². The molecule has 0 bridgehead atoms. The molecule has 3 aromatic rings. The molecule has 3 heterocycles. The highest BCUT2D eigenvalue weighted by atomic mass is 15.2. The summed E-state index contributed by atoms with van der Waals surface area (Å²) in [6, 6.07) is 11.4. The topological polar surface area (TPSA) is 45.5 Å². The molecular weight excluding hydrogens is 310 g/mol. The fourth-order valence-corrected chi connectivity index (χ4v) is 3.52. The first-order valence-corrected chi connectivity index (χ1v) is 9.17. The molecule has 1 fully saturated rings. The van der Waals surface area contributed by atoms with Crippen molar-refractivity contribution >= 4 is 11.3 Å². The van der Waals surface area contributed by atoms with Crippen LogP contribution in [-0.4, -0.2) is 33.7 Å². The van der Waals surface area contributed by atoms with Crippen LogP contribution in [0.5, 0.6) is 0 Å². The number of nitrogens with zero attached hydrogens (tertiary/aromatic N) is 4. The van der Waals surface area contributed by atoms with Gasteiger partial charge in [0.2, 0.25) is 0 Å². The minimum absolute atomic E-state index is 0.568. The number of nitrogens with one attached hydrogen (secondary N) is 1. The molecular formula is C20H25N5. The van der Waals surface area contributed by atoms with Crippen molar-refractivity contribution in [1.29, 1.82) is 0 Å². The van der Waals surface area contributed by atoms with Gasteiger partial charge in [-0.1, -0.05) is 19.1 Å². The van der Waals surface area contributed by atoms with Gasteiger partial charge in [-0.2, -0.15) is 5.10 Å². The summed E-state index contributed by atoms with van der Waals surface area (Å²) >= 11 is 0. The van der Waals surface area contributed by atoms with Crippen LogP contribution in [-0.2, 0) is 13.0 Å². The highest BCUT2D eigenvalue weighted by Gasteiger charge is 2.19. The van der Waals surface area contributed by atoms with Crippen molar-refractivity contribution in [3.8, 4) is 0 Å². The Labute approximate surface area is 148 Å². The lowest BCUT2D eigenvalue weighted by molar-refractivity contribution is 0.413. The van der Waals surface area contributed by atoms with Gasteiger partial charge in [-0.3, -0.25) is 0 Å². The second-order valence-corrected chi connectivity index (χ2v) is 6.76. The Hall–Kier alpha value is -2.40. The molecule has 0 unspecified atom stereocenters. The number of aryl methyl sites for hydroxylation is 1. The predicted octanol–water partition coefficient (Wildman–Crippen LogP) is 3.05. The first kappa shape index (κ1) is 16.1. The fourth-order valence-electron chi connectivity index (χ4n) is 3.52. The zero-order valence-corrected chi connectivity index (χ0v) is 14.7. The van der Waals surface area contributed by atoms with Crippen LogP contribution in [0.4, 0.5) is 5.69 Å². The van der Waals surface area contributed by atoms with Gasteiger partial charge in [0.15, 0.2) is 5.65 Å². The van der Waals surface area contributed by atoms with Crippen molar-refractivity contribution in [1.82, 2.24) is 19.9 Å². The number of hydrogen-bond donors (Lipinski definition) is 1. The molecule has 0 spiro atoms. The lowest BCUT2D eigenvalue weighted by Crippen LogP contribution is -2.42. The molecule has 130 valence electrons. The number of piperidine rings is 1. The average Bonchev–Trinajstić information content (AvgIpc) is 3.14. The maximum atomic E-state index is 4.43. The molecule has 1 N–H and O–H groups in total. The minimum Gasteiger partial charge on any atom is -0.371 e. The summed E-state index contributed by atoms with van der Waals surface area (Å²) in [4.78, 5) is 6.93. The Balaban J connectivity index is 1.31. The number of anilines is 1. The quantitative estimate of drug-likeness (QED) is 0.778. The first-order chi connectivity index (χ1) is 12.3. The molecule has 0 saturated carbocycles. The van der Waals surface area contributed by atoms with E-state index in [0.717, 1.165) is 31.7 Å². The average molecular weight is 335 g/mol. The van der Waals surface area contributed by atoms with Crippen LogP contribution in [0.2, 0.25) is 0 Å². The van der Waals surface area contributed by atoms with Crippen LogP contribution in [0.1, 0.15) is 30.9 Å². The van der Waals surface area contributed by atoms with Gasteiger partial charge in [0.1, 0.15) is 0 Å². The van der Waals surface area contributed by atoms with Crippen LogP contribution >= 0.6 is 0 Å². The van der Waals surface area contributed by atoms with Crippen molar-refractivity contribution in [3.05, 3.63) is 60.0 Å². The third-order valence-corrected chi connectivity index (χ3v) is 5.07. The standard InChI is InChI=1S/C20H25N5/c1-2-16-4-3-5-19(12-16)24-10-7-18(8-11-24)21-13-17-14-22-20-6-9-23-25(20)15-17/h3-6,9,12,14-15,18,21H,2,7-8,10-11,13H2,1H3. The maximum Gasteiger partial charge on any atom is 0.154 e. The normalized spacial score (nSPS) is 15.8. The maximum absolute atomic E-state index is 4.43. The first-order valence-electron chi connectivity index (χ1n) is 9.17. The fraction of sp³-hybridized carbons (Fsp3) is 0.400. The molecule has 0 aliphatic carbocycles. The van der Waals surface area contributed by atoms with Crippen LogP contribution in [0.25, 0.3) is 5.65 Å². The number of fused-ring (bicyclic) bond motifs is 1. The largest absolute Gasteiger partial charge is 0.371 e. The number of benzene rings is 1. The predicted molar refractivity (Wildman–Crippen MR) is 101 cm³/mol. The van der Waals surface area contributed by atoms with E-state index in [-0.39, 0.29) is 0 Å². The summed E-state index contributed by atoms with van der Waals surface area (Å²) in [6.45, 7) is 5.28. The van der Waals surface area contributed by atoms with Gasteiger partial charge in [0, 0.05) is 55.4 Å². The summed E-state index contributed by atoms with van der Waals surface area (Å²) in [7, 11) is 0. The molecule has 1 aliphatic rings. The van der Waals surface area contributed by atoms with Gasteiger partial charge in [-0.25, -0.2) is 9.50 Å². The van der Waals surface area contributed by atoms with E-state index in [1.54, 1.807) is 6.20 Å². The molecule has 1 saturated heterocycles. The Morgan fingerprint density at radius 3 is 2.88 bits per heavy atom. The van der Waals surface area contributed by atoms with Crippen LogP contribution in [0.15, 0.2) is 48.9 Å². The Morgan fingerprint density at radius 1 is 1.16 bits per heavy atom. The van der Waals surface area contributed by atoms with Gasteiger partial charge >= 0.3 is 0 Å². The molecule has 2 aromatic heterocycles. The summed E-state index contributed by atoms with van der Waals surface area (Å²) in [6.07, 6.45) is 9.22. The molecule has 25 heavy (non-hydrogen) atoms. The van der Waals surface area contributed by atoms with E-state index in [2.05, 4.69) is 57.7 Å². The highest BCUT2D eigenvalue weighted by molar-refractivity contribution is 5.49. The molecule has 5 heteroatoms. The van der Waals surface area contributed by atoms with Crippen LogP contribution < -0.4 is 10.2 Å². The smallest absolute Gasteiger partial charge is 0.154 e. The van der Waals surface area contributed by atoms with Gasteiger partial charge in [0.05, 0.1) is 6.20 Å². The van der Waals surface area contributed by atoms with Gasteiger partial charge < -0.3 is 10.2 Å². The zero-order chi connectivity index (χ0) is 17.1. The van der Waals surface area contributed by atoms with E-state index >= 15 is 0 Å². The van der Waals surface area contributed by atoms with Crippen molar-refractivity contribution in [3.63, 3.8) is 0 Å². The van der Waals surface area contributed by atoms with Crippen molar-refractivity contribution < 1.29 is 0 Å². The monoisotopic (exact) mass is 335 g/mol. The molecule has 5 nitrogen and oxygen atoms in total. The highest BCUT2D eigenvalue weighted by Crippen LogP contribution is 2.21. The molecule has 4 rings (SSSR count). The van der Waals surface area contributed by atoms with E-state index < -0.39 is 0 Å². The Kier molecular flexibility index (Phi) is 4.65. The minimum atomic E-state index is 0.568. The molecule has 0 amide bonds. The SMILES string of the molecule is CCc1cccc(N2CCC(NCc3cnc4ccnn4c3)CC2)c1. The Morgan fingerprint density at radius 2 is 2.04 bits per heavy atom. The summed E-state index contributed by atoms with van der Waals surface area (Å²) in [5.41, 5.74) is 4.85. The third-order valence-electron chi connectivity index (χ3n) is 5.07. The molecule has 1 aliphatic heterocycles. The second kappa shape index (κ2) is 7.23. The van der Waals surface area contributed by atoms with E-state index in [9.17, 15) is 0 Å². The molecule has 0 radical (unpaired) electrons. The van der Waals surface area contributed by atoms with Gasteiger partial charge in [-0.05, 0) is 37.0 Å². The molecule has 0 atom stereocenters. The van der Waals surface area contributed by atoms with Crippen LogP contribution in [0, 0.1) is 0 Å². The lowest BCUT2D eigenvalue weighted by atomic mass is 10.0. The Bertz CT molecular complexity index is 833. The van der Waals surface area contributed by atoms with E-state index in [1.165, 1.54) is 29.7 Å².